The fourth-order valence-electron chi connectivity index (χ4n) is 1.52. The van der Waals surface area contributed by atoms with Crippen LogP contribution < -0.4 is 5.32 Å². The number of hydrogen-bond acceptors (Lipinski definition) is 3. The second kappa shape index (κ2) is 5.83. The molecule has 0 aliphatic rings. The molecule has 1 aromatic heterocycles. The molecule has 4 heteroatoms. The van der Waals surface area contributed by atoms with E-state index in [2.05, 4.69) is 25.2 Å². The van der Waals surface area contributed by atoms with Gasteiger partial charge in [-0.2, -0.15) is 5.26 Å². The zero-order valence-corrected chi connectivity index (χ0v) is 11.3. The molecule has 0 aromatic carbocycles. The molecule has 0 aliphatic heterocycles. The lowest BCUT2D eigenvalue weighted by atomic mass is 9.91. The number of carbonyl (C=O) groups is 1. The van der Waals surface area contributed by atoms with Crippen molar-refractivity contribution in [3.63, 3.8) is 0 Å². The van der Waals surface area contributed by atoms with Crippen LogP contribution in [0.2, 0.25) is 0 Å². The summed E-state index contributed by atoms with van der Waals surface area (Å²) < 4.78 is 0. The lowest BCUT2D eigenvalue weighted by Crippen LogP contribution is -2.38. The Bertz CT molecular complexity index is 404. The number of thiophene rings is 1. The Morgan fingerprint density at radius 2 is 2.35 bits per heavy atom. The molecule has 92 valence electrons. The van der Waals surface area contributed by atoms with Gasteiger partial charge >= 0.3 is 0 Å². The van der Waals surface area contributed by atoms with Crippen LogP contribution in [0.5, 0.6) is 0 Å². The first kappa shape index (κ1) is 13.7. The molecule has 1 N–H and O–H groups in total. The van der Waals surface area contributed by atoms with E-state index >= 15 is 0 Å². The van der Waals surface area contributed by atoms with Crippen LogP contribution >= 0.6 is 11.3 Å². The van der Waals surface area contributed by atoms with Gasteiger partial charge in [0.25, 0.3) is 0 Å². The summed E-state index contributed by atoms with van der Waals surface area (Å²) in [6, 6.07) is 6.09. The van der Waals surface area contributed by atoms with E-state index in [1.165, 1.54) is 4.88 Å². The van der Waals surface area contributed by atoms with Crippen molar-refractivity contribution in [2.24, 2.45) is 5.92 Å². The molecule has 0 aliphatic carbocycles. The summed E-state index contributed by atoms with van der Waals surface area (Å²) in [6.45, 7) is 6.58. The Hall–Kier alpha value is -1.34. The molecule has 0 radical (unpaired) electrons. The summed E-state index contributed by atoms with van der Waals surface area (Å²) in [6.07, 6.45) is 0.557. The van der Waals surface area contributed by atoms with Crippen LogP contribution in [0.25, 0.3) is 0 Å². The van der Waals surface area contributed by atoms with E-state index in [1.54, 1.807) is 11.3 Å². The molecule has 0 spiro atoms. The van der Waals surface area contributed by atoms with Crippen molar-refractivity contribution in [2.75, 3.05) is 6.54 Å². The average Bonchev–Trinajstić information content (AvgIpc) is 2.82. The molecular weight excluding hydrogens is 232 g/mol. The van der Waals surface area contributed by atoms with Crippen LogP contribution in [0.4, 0.5) is 0 Å². The van der Waals surface area contributed by atoms with Crippen molar-refractivity contribution in [1.29, 1.82) is 5.26 Å². The molecule has 1 heterocycles. The Balaban J connectivity index is 2.57. The molecule has 0 fully saturated rings. The summed E-state index contributed by atoms with van der Waals surface area (Å²) >= 11 is 1.69. The Morgan fingerprint density at radius 3 is 2.82 bits per heavy atom. The molecule has 1 rings (SSSR count). The molecule has 0 saturated heterocycles. The summed E-state index contributed by atoms with van der Waals surface area (Å²) in [4.78, 5) is 12.9. The molecule has 1 aromatic rings. The highest BCUT2D eigenvalue weighted by atomic mass is 32.1. The highest BCUT2D eigenvalue weighted by Crippen LogP contribution is 2.26. The number of rotatable bonds is 5. The number of nitrogens with zero attached hydrogens (tertiary/aromatic N) is 1. The molecule has 1 amide bonds. The molecule has 1 atom stereocenters. The van der Waals surface area contributed by atoms with Crippen molar-refractivity contribution < 1.29 is 4.79 Å². The lowest BCUT2D eigenvalue weighted by molar-refractivity contribution is -0.123. The lowest BCUT2D eigenvalue weighted by Gasteiger charge is -2.24. The SMILES string of the molecule is CCC(C#N)C(=O)NCC(C)(C)c1cccs1. The van der Waals surface area contributed by atoms with Crippen molar-refractivity contribution in [1.82, 2.24) is 5.32 Å². The molecule has 0 saturated carbocycles. The molecule has 0 bridgehead atoms. The van der Waals surface area contributed by atoms with Crippen LogP contribution in [0.3, 0.4) is 0 Å². The molecule has 1 unspecified atom stereocenters. The van der Waals surface area contributed by atoms with Crippen molar-refractivity contribution >= 4 is 17.2 Å². The maximum atomic E-state index is 11.7. The van der Waals surface area contributed by atoms with Crippen LogP contribution in [-0.2, 0) is 10.2 Å². The van der Waals surface area contributed by atoms with E-state index in [0.29, 0.717) is 13.0 Å². The summed E-state index contributed by atoms with van der Waals surface area (Å²) in [5.74, 6) is -0.700. The zero-order chi connectivity index (χ0) is 12.9. The van der Waals surface area contributed by atoms with Crippen LogP contribution in [0.15, 0.2) is 17.5 Å². The van der Waals surface area contributed by atoms with Crippen molar-refractivity contribution in [2.45, 2.75) is 32.6 Å². The van der Waals surface area contributed by atoms with Gasteiger partial charge in [-0.1, -0.05) is 26.8 Å². The van der Waals surface area contributed by atoms with Crippen LogP contribution in [0.1, 0.15) is 32.1 Å². The third-order valence-corrected chi connectivity index (χ3v) is 4.01. The minimum atomic E-state index is -0.533. The van der Waals surface area contributed by atoms with Crippen LogP contribution in [-0.4, -0.2) is 12.5 Å². The van der Waals surface area contributed by atoms with Crippen molar-refractivity contribution in [3.8, 4) is 6.07 Å². The number of nitriles is 1. The van der Waals surface area contributed by atoms with Gasteiger partial charge in [0.2, 0.25) is 5.91 Å². The highest BCUT2D eigenvalue weighted by molar-refractivity contribution is 7.10. The smallest absolute Gasteiger partial charge is 0.237 e. The fourth-order valence-corrected chi connectivity index (χ4v) is 2.37. The second-order valence-electron chi connectivity index (χ2n) is 4.67. The van der Waals surface area contributed by atoms with Gasteiger partial charge in [-0.05, 0) is 17.9 Å². The summed E-state index contributed by atoms with van der Waals surface area (Å²) in [5.41, 5.74) is -0.0857. The normalized spacial score (nSPS) is 12.8. The standard InChI is InChI=1S/C13H18N2OS/c1-4-10(8-14)12(16)15-9-13(2,3)11-6-5-7-17-11/h5-7,10H,4,9H2,1-3H3,(H,15,16). The third-order valence-electron chi connectivity index (χ3n) is 2.77. The third kappa shape index (κ3) is 3.57. The summed E-state index contributed by atoms with van der Waals surface area (Å²) in [7, 11) is 0. The quantitative estimate of drug-likeness (QED) is 0.873. The Labute approximate surface area is 106 Å². The van der Waals surface area contributed by atoms with Gasteiger partial charge in [-0.3, -0.25) is 4.79 Å². The van der Waals surface area contributed by atoms with Gasteiger partial charge in [-0.25, -0.2) is 0 Å². The van der Waals surface area contributed by atoms with Gasteiger partial charge < -0.3 is 5.32 Å². The maximum Gasteiger partial charge on any atom is 0.237 e. The largest absolute Gasteiger partial charge is 0.354 e. The first-order valence-corrected chi connectivity index (χ1v) is 6.60. The Morgan fingerprint density at radius 1 is 1.65 bits per heavy atom. The first-order chi connectivity index (χ1) is 8.01. The monoisotopic (exact) mass is 250 g/mol. The zero-order valence-electron chi connectivity index (χ0n) is 10.5. The van der Waals surface area contributed by atoms with Gasteiger partial charge in [-0.15, -0.1) is 11.3 Å². The minimum Gasteiger partial charge on any atom is -0.354 e. The highest BCUT2D eigenvalue weighted by Gasteiger charge is 2.24. The predicted molar refractivity (Wildman–Crippen MR) is 69.7 cm³/mol. The van der Waals surface area contributed by atoms with E-state index in [-0.39, 0.29) is 11.3 Å². The first-order valence-electron chi connectivity index (χ1n) is 5.72. The van der Waals surface area contributed by atoms with E-state index in [1.807, 2.05) is 24.4 Å². The van der Waals surface area contributed by atoms with Crippen molar-refractivity contribution in [3.05, 3.63) is 22.4 Å². The van der Waals surface area contributed by atoms with Crippen LogP contribution in [0, 0.1) is 17.2 Å². The number of hydrogen-bond donors (Lipinski definition) is 1. The Kier molecular flexibility index (Phi) is 4.71. The van der Waals surface area contributed by atoms with E-state index < -0.39 is 5.92 Å². The van der Waals surface area contributed by atoms with Gasteiger partial charge in [0.15, 0.2) is 0 Å². The topological polar surface area (TPSA) is 52.9 Å². The maximum absolute atomic E-state index is 11.7. The molecule has 3 nitrogen and oxygen atoms in total. The molecule has 17 heavy (non-hydrogen) atoms. The van der Waals surface area contributed by atoms with E-state index in [4.69, 9.17) is 5.26 Å². The summed E-state index contributed by atoms with van der Waals surface area (Å²) in [5, 5.41) is 13.7. The predicted octanol–water partition coefficient (Wildman–Crippen LogP) is 2.69. The van der Waals surface area contributed by atoms with E-state index in [9.17, 15) is 4.79 Å². The number of nitrogens with one attached hydrogen (secondary N) is 1. The minimum absolute atomic E-state index is 0.0857. The average molecular weight is 250 g/mol. The van der Waals surface area contributed by atoms with Gasteiger partial charge in [0.05, 0.1) is 6.07 Å². The van der Waals surface area contributed by atoms with Gasteiger partial charge in [0, 0.05) is 16.8 Å². The fraction of sp³-hybridized carbons (Fsp3) is 0.538. The second-order valence-corrected chi connectivity index (χ2v) is 5.62. The van der Waals surface area contributed by atoms with Gasteiger partial charge in [0.1, 0.15) is 5.92 Å². The van der Waals surface area contributed by atoms with E-state index in [0.717, 1.165) is 0 Å². The number of carbonyl (C=O) groups excluding carboxylic acids is 1. The molecular formula is C13H18N2OS. The number of amides is 1.